The molecule has 0 heterocycles. The Morgan fingerprint density at radius 3 is 2.00 bits per heavy atom. The van der Waals surface area contributed by atoms with Crippen LogP contribution in [0.3, 0.4) is 0 Å². The van der Waals surface area contributed by atoms with Crippen molar-refractivity contribution in [3.8, 4) is 0 Å². The van der Waals surface area contributed by atoms with Gasteiger partial charge in [0.05, 0.1) is 10.0 Å². The first-order valence-electron chi connectivity index (χ1n) is 5.13. The minimum atomic E-state index is -0.201. The van der Waals surface area contributed by atoms with E-state index in [2.05, 4.69) is 0 Å². The molecule has 0 saturated heterocycles. The highest BCUT2D eigenvalue weighted by molar-refractivity contribution is 6.42. The molecule has 4 N–H and O–H groups in total. The second-order valence-electron chi connectivity index (χ2n) is 3.85. The maximum absolute atomic E-state index is 12.2. The summed E-state index contributed by atoms with van der Waals surface area (Å²) in [5, 5.41) is 0.736. The Bertz CT molecular complexity index is 606. The summed E-state index contributed by atoms with van der Waals surface area (Å²) < 4.78 is 0. The Hall–Kier alpha value is -1.71. The lowest BCUT2D eigenvalue weighted by Gasteiger charge is -2.05. The molecule has 0 bridgehead atoms. The highest BCUT2D eigenvalue weighted by atomic mass is 35.5. The van der Waals surface area contributed by atoms with Crippen molar-refractivity contribution in [3.05, 3.63) is 57.6 Å². The molecule has 0 radical (unpaired) electrons. The second-order valence-corrected chi connectivity index (χ2v) is 4.66. The van der Waals surface area contributed by atoms with E-state index in [1.807, 2.05) is 0 Å². The molecule has 0 amide bonds. The van der Waals surface area contributed by atoms with E-state index in [4.69, 9.17) is 34.7 Å². The lowest BCUT2D eigenvalue weighted by atomic mass is 10.0. The lowest BCUT2D eigenvalue weighted by Crippen LogP contribution is -2.03. The molecular weight excluding hydrogens is 271 g/mol. The fraction of sp³-hybridized carbons (Fsp3) is 0. The van der Waals surface area contributed by atoms with Crippen molar-refractivity contribution in [2.45, 2.75) is 0 Å². The van der Waals surface area contributed by atoms with E-state index in [0.29, 0.717) is 32.5 Å². The van der Waals surface area contributed by atoms with Gasteiger partial charge in [-0.1, -0.05) is 23.2 Å². The molecule has 0 unspecified atom stereocenters. The molecule has 2 aromatic carbocycles. The monoisotopic (exact) mass is 280 g/mol. The van der Waals surface area contributed by atoms with Gasteiger partial charge < -0.3 is 11.5 Å². The van der Waals surface area contributed by atoms with E-state index in [-0.39, 0.29) is 5.78 Å². The van der Waals surface area contributed by atoms with Crippen molar-refractivity contribution >= 4 is 40.4 Å². The van der Waals surface area contributed by atoms with Gasteiger partial charge in [-0.3, -0.25) is 4.79 Å². The third-order valence-corrected chi connectivity index (χ3v) is 3.16. The summed E-state index contributed by atoms with van der Waals surface area (Å²) in [6, 6.07) is 9.43. The topological polar surface area (TPSA) is 69.1 Å². The van der Waals surface area contributed by atoms with E-state index < -0.39 is 0 Å². The van der Waals surface area contributed by atoms with Crippen LogP contribution in [0.15, 0.2) is 36.4 Å². The fourth-order valence-corrected chi connectivity index (χ4v) is 1.91. The van der Waals surface area contributed by atoms with Gasteiger partial charge in [-0.25, -0.2) is 0 Å². The minimum absolute atomic E-state index is 0.201. The molecule has 2 aromatic rings. The molecule has 0 aliphatic carbocycles. The number of ketones is 1. The largest absolute Gasteiger partial charge is 0.399 e. The first kappa shape index (κ1) is 12.7. The predicted molar refractivity (Wildman–Crippen MR) is 75.2 cm³/mol. The highest BCUT2D eigenvalue weighted by Gasteiger charge is 2.11. The normalized spacial score (nSPS) is 10.3. The van der Waals surface area contributed by atoms with Gasteiger partial charge in [0.25, 0.3) is 0 Å². The van der Waals surface area contributed by atoms with Gasteiger partial charge in [-0.15, -0.1) is 0 Å². The number of anilines is 2. The number of hydrogen-bond donors (Lipinski definition) is 2. The Morgan fingerprint density at radius 1 is 0.833 bits per heavy atom. The summed E-state index contributed by atoms with van der Waals surface area (Å²) in [5.41, 5.74) is 13.0. The van der Waals surface area contributed by atoms with E-state index >= 15 is 0 Å². The third-order valence-electron chi connectivity index (χ3n) is 2.42. The van der Waals surface area contributed by atoms with Crippen LogP contribution >= 0.6 is 23.2 Å². The number of carbonyl (C=O) groups is 1. The van der Waals surface area contributed by atoms with Gasteiger partial charge in [-0.2, -0.15) is 0 Å². The van der Waals surface area contributed by atoms with Crippen LogP contribution in [-0.2, 0) is 0 Å². The first-order valence-corrected chi connectivity index (χ1v) is 5.89. The predicted octanol–water partition coefficient (Wildman–Crippen LogP) is 3.39. The van der Waals surface area contributed by atoms with Crippen molar-refractivity contribution in [2.24, 2.45) is 0 Å². The molecule has 0 aliphatic heterocycles. The van der Waals surface area contributed by atoms with Crippen LogP contribution in [0.25, 0.3) is 0 Å². The molecule has 0 atom stereocenters. The average Bonchev–Trinajstić information content (AvgIpc) is 2.30. The van der Waals surface area contributed by atoms with Gasteiger partial charge >= 0.3 is 0 Å². The molecule has 18 heavy (non-hydrogen) atoms. The minimum Gasteiger partial charge on any atom is -0.399 e. The van der Waals surface area contributed by atoms with Crippen LogP contribution in [0.1, 0.15) is 15.9 Å². The number of hydrogen-bond acceptors (Lipinski definition) is 3. The summed E-state index contributed by atoms with van der Waals surface area (Å²) in [6.45, 7) is 0. The van der Waals surface area contributed by atoms with Gasteiger partial charge in [0.15, 0.2) is 5.78 Å². The van der Waals surface area contributed by atoms with Crippen LogP contribution in [0.2, 0.25) is 10.0 Å². The summed E-state index contributed by atoms with van der Waals surface area (Å²) in [4.78, 5) is 12.2. The molecule has 92 valence electrons. The number of rotatable bonds is 2. The van der Waals surface area contributed by atoms with Crippen molar-refractivity contribution in [1.29, 1.82) is 0 Å². The lowest BCUT2D eigenvalue weighted by molar-refractivity contribution is 0.103. The molecule has 2 rings (SSSR count). The Morgan fingerprint density at radius 2 is 1.44 bits per heavy atom. The summed E-state index contributed by atoms with van der Waals surface area (Å²) >= 11 is 11.7. The smallest absolute Gasteiger partial charge is 0.193 e. The van der Waals surface area contributed by atoms with Gasteiger partial charge in [0, 0.05) is 22.5 Å². The number of carbonyl (C=O) groups excluding carboxylic acids is 1. The van der Waals surface area contributed by atoms with E-state index in [1.165, 1.54) is 6.07 Å². The van der Waals surface area contributed by atoms with Crippen LogP contribution in [0.5, 0.6) is 0 Å². The van der Waals surface area contributed by atoms with Gasteiger partial charge in [-0.05, 0) is 36.4 Å². The van der Waals surface area contributed by atoms with Gasteiger partial charge in [0.1, 0.15) is 0 Å². The van der Waals surface area contributed by atoms with Crippen molar-refractivity contribution in [1.82, 2.24) is 0 Å². The van der Waals surface area contributed by atoms with Crippen molar-refractivity contribution in [3.63, 3.8) is 0 Å². The van der Waals surface area contributed by atoms with E-state index in [9.17, 15) is 4.79 Å². The molecule has 5 heteroatoms. The molecule has 0 spiro atoms. The Kier molecular flexibility index (Phi) is 3.45. The van der Waals surface area contributed by atoms with Crippen LogP contribution in [-0.4, -0.2) is 5.78 Å². The zero-order chi connectivity index (χ0) is 13.3. The second kappa shape index (κ2) is 4.88. The van der Waals surface area contributed by atoms with E-state index in [0.717, 1.165) is 0 Å². The van der Waals surface area contributed by atoms with Crippen molar-refractivity contribution < 1.29 is 4.79 Å². The summed E-state index contributed by atoms with van der Waals surface area (Å²) in [5.74, 6) is -0.201. The Balaban J connectivity index is 2.44. The van der Waals surface area contributed by atoms with Crippen LogP contribution in [0.4, 0.5) is 11.4 Å². The van der Waals surface area contributed by atoms with Crippen molar-refractivity contribution in [2.75, 3.05) is 11.5 Å². The average molecular weight is 281 g/mol. The fourth-order valence-electron chi connectivity index (χ4n) is 1.61. The summed E-state index contributed by atoms with van der Waals surface area (Å²) in [6.07, 6.45) is 0. The number of benzene rings is 2. The highest BCUT2D eigenvalue weighted by Crippen LogP contribution is 2.24. The molecule has 0 fully saturated rings. The Labute approximate surface area is 114 Å². The number of nitrogen functional groups attached to an aromatic ring is 2. The van der Waals surface area contributed by atoms with Gasteiger partial charge in [0.2, 0.25) is 0 Å². The quantitative estimate of drug-likeness (QED) is 0.654. The maximum atomic E-state index is 12.2. The van der Waals surface area contributed by atoms with Crippen LogP contribution in [0, 0.1) is 0 Å². The zero-order valence-corrected chi connectivity index (χ0v) is 10.8. The standard InChI is InChI=1S/C13H10Cl2N2O/c14-11-2-1-7(5-12(11)15)13(18)8-3-9(16)6-10(17)4-8/h1-6H,16-17H2. The molecule has 0 aromatic heterocycles. The van der Waals surface area contributed by atoms with Crippen LogP contribution < -0.4 is 11.5 Å². The molecule has 0 saturated carbocycles. The maximum Gasteiger partial charge on any atom is 0.193 e. The zero-order valence-electron chi connectivity index (χ0n) is 9.28. The molecular formula is C13H10Cl2N2O. The molecule has 0 aliphatic rings. The van der Waals surface area contributed by atoms with E-state index in [1.54, 1.807) is 30.3 Å². The molecule has 3 nitrogen and oxygen atoms in total. The number of halogens is 2. The number of nitrogens with two attached hydrogens (primary N) is 2. The first-order chi connectivity index (χ1) is 8.47. The third kappa shape index (κ3) is 2.58. The summed E-state index contributed by atoms with van der Waals surface area (Å²) in [7, 11) is 0. The SMILES string of the molecule is Nc1cc(N)cc(C(=O)c2ccc(Cl)c(Cl)c2)c1.